The van der Waals surface area contributed by atoms with Crippen molar-refractivity contribution in [3.8, 4) is 0 Å². The van der Waals surface area contributed by atoms with Gasteiger partial charge in [0.1, 0.15) is 5.52 Å². The Morgan fingerprint density at radius 2 is 2.16 bits per heavy atom. The van der Waals surface area contributed by atoms with Crippen LogP contribution in [0.15, 0.2) is 53.2 Å². The van der Waals surface area contributed by atoms with Gasteiger partial charge in [0.15, 0.2) is 5.58 Å². The second-order valence-corrected chi connectivity index (χ2v) is 6.62. The topological polar surface area (TPSA) is 51.4 Å². The molecule has 0 aliphatic carbocycles. The van der Waals surface area contributed by atoms with Crippen molar-refractivity contribution < 1.29 is 9.15 Å². The van der Waals surface area contributed by atoms with Crippen LogP contribution in [0.1, 0.15) is 37.3 Å². The van der Waals surface area contributed by atoms with Crippen LogP contribution in [-0.2, 0) is 11.3 Å². The van der Waals surface area contributed by atoms with E-state index in [1.807, 2.05) is 36.5 Å². The Hall–Kier alpha value is -2.24. The van der Waals surface area contributed by atoms with Gasteiger partial charge in [-0.2, -0.15) is 0 Å². The molecule has 0 spiro atoms. The van der Waals surface area contributed by atoms with Gasteiger partial charge in [0.25, 0.3) is 0 Å². The molecule has 5 nitrogen and oxygen atoms in total. The molecule has 25 heavy (non-hydrogen) atoms. The molecule has 0 N–H and O–H groups in total. The summed E-state index contributed by atoms with van der Waals surface area (Å²) in [5.74, 6) is 0.753. The van der Waals surface area contributed by atoms with E-state index in [0.29, 0.717) is 0 Å². The lowest BCUT2D eigenvalue weighted by molar-refractivity contribution is 0.0512. The van der Waals surface area contributed by atoms with Crippen molar-refractivity contribution in [2.75, 3.05) is 13.2 Å². The van der Waals surface area contributed by atoms with Crippen molar-refractivity contribution in [2.45, 2.75) is 38.5 Å². The fourth-order valence-corrected chi connectivity index (χ4v) is 3.36. The monoisotopic (exact) mass is 337 g/mol. The minimum Gasteiger partial charge on any atom is -0.439 e. The summed E-state index contributed by atoms with van der Waals surface area (Å²) in [7, 11) is 0. The van der Waals surface area contributed by atoms with E-state index in [9.17, 15) is 0 Å². The highest BCUT2D eigenvalue weighted by Gasteiger charge is 2.26. The Bertz CT molecular complexity index is 779. The van der Waals surface area contributed by atoms with Gasteiger partial charge in [-0.15, -0.1) is 0 Å². The van der Waals surface area contributed by atoms with E-state index < -0.39 is 0 Å². The van der Waals surface area contributed by atoms with Crippen molar-refractivity contribution in [1.82, 2.24) is 14.9 Å². The number of pyridine rings is 1. The van der Waals surface area contributed by atoms with E-state index in [-0.39, 0.29) is 12.1 Å². The molecule has 0 saturated carbocycles. The third-order valence-electron chi connectivity index (χ3n) is 4.79. The first-order chi connectivity index (χ1) is 12.3. The number of nitrogens with zero attached hydrogens (tertiary/aromatic N) is 3. The number of oxazole rings is 1. The number of rotatable bonds is 6. The van der Waals surface area contributed by atoms with Crippen molar-refractivity contribution in [3.05, 3.63) is 60.2 Å². The van der Waals surface area contributed by atoms with Crippen LogP contribution in [0.3, 0.4) is 0 Å². The maximum absolute atomic E-state index is 6.00. The van der Waals surface area contributed by atoms with Gasteiger partial charge in [0.05, 0.1) is 12.1 Å². The molecule has 0 bridgehead atoms. The second-order valence-electron chi connectivity index (χ2n) is 6.62. The van der Waals surface area contributed by atoms with Crippen LogP contribution in [0.2, 0.25) is 0 Å². The highest BCUT2D eigenvalue weighted by Crippen LogP contribution is 2.27. The van der Waals surface area contributed by atoms with Crippen molar-refractivity contribution in [3.63, 3.8) is 0 Å². The molecular formula is C20H23N3O2. The van der Waals surface area contributed by atoms with E-state index in [1.165, 1.54) is 5.56 Å². The predicted molar refractivity (Wildman–Crippen MR) is 96.0 cm³/mol. The maximum Gasteiger partial charge on any atom is 0.212 e. The molecule has 130 valence electrons. The van der Waals surface area contributed by atoms with Gasteiger partial charge in [-0.3, -0.25) is 9.88 Å². The highest BCUT2D eigenvalue weighted by atomic mass is 16.5. The van der Waals surface area contributed by atoms with Gasteiger partial charge < -0.3 is 9.15 Å². The van der Waals surface area contributed by atoms with Crippen LogP contribution in [-0.4, -0.2) is 34.1 Å². The summed E-state index contributed by atoms with van der Waals surface area (Å²) in [5.41, 5.74) is 2.93. The summed E-state index contributed by atoms with van der Waals surface area (Å²) in [6.07, 6.45) is 6.26. The number of hydrogen-bond donors (Lipinski definition) is 0. The maximum atomic E-state index is 6.00. The van der Waals surface area contributed by atoms with E-state index in [2.05, 4.69) is 27.9 Å². The van der Waals surface area contributed by atoms with Gasteiger partial charge in [-0.25, -0.2) is 4.98 Å². The van der Waals surface area contributed by atoms with Crippen LogP contribution in [0, 0.1) is 0 Å². The zero-order valence-corrected chi connectivity index (χ0v) is 14.5. The molecule has 3 heterocycles. The lowest BCUT2D eigenvalue weighted by atomic mass is 10.1. The molecule has 0 radical (unpaired) electrons. The van der Waals surface area contributed by atoms with Crippen LogP contribution in [0.4, 0.5) is 0 Å². The minimum absolute atomic E-state index is 0.0665. The predicted octanol–water partition coefficient (Wildman–Crippen LogP) is 3.97. The molecule has 4 rings (SSSR count). The average Bonchev–Trinajstić information content (AvgIpc) is 3.30. The molecule has 1 aliphatic heterocycles. The average molecular weight is 337 g/mol. The molecular weight excluding hydrogens is 314 g/mol. The summed E-state index contributed by atoms with van der Waals surface area (Å²) in [4.78, 5) is 11.3. The van der Waals surface area contributed by atoms with Crippen LogP contribution < -0.4 is 0 Å². The quantitative estimate of drug-likeness (QED) is 0.681. The number of aromatic nitrogens is 2. The first-order valence-corrected chi connectivity index (χ1v) is 8.89. The Morgan fingerprint density at radius 1 is 1.24 bits per heavy atom. The van der Waals surface area contributed by atoms with Crippen molar-refractivity contribution in [2.24, 2.45) is 0 Å². The van der Waals surface area contributed by atoms with Gasteiger partial charge in [0.2, 0.25) is 5.89 Å². The summed E-state index contributed by atoms with van der Waals surface area (Å²) < 4.78 is 11.9. The van der Waals surface area contributed by atoms with Crippen molar-refractivity contribution in [1.29, 1.82) is 0 Å². The zero-order chi connectivity index (χ0) is 17.1. The Labute approximate surface area is 147 Å². The largest absolute Gasteiger partial charge is 0.439 e. The fourth-order valence-electron chi connectivity index (χ4n) is 3.36. The van der Waals surface area contributed by atoms with Crippen LogP contribution in [0.25, 0.3) is 11.1 Å². The molecule has 2 aromatic heterocycles. The third-order valence-corrected chi connectivity index (χ3v) is 4.79. The summed E-state index contributed by atoms with van der Waals surface area (Å²) in [5, 5.41) is 0. The molecule has 0 amide bonds. The first kappa shape index (κ1) is 16.2. The third kappa shape index (κ3) is 3.72. The van der Waals surface area contributed by atoms with Gasteiger partial charge in [0, 0.05) is 32.1 Å². The Kier molecular flexibility index (Phi) is 4.76. The Morgan fingerprint density at radius 3 is 2.92 bits per heavy atom. The lowest BCUT2D eigenvalue weighted by Gasteiger charge is -2.29. The fraction of sp³-hybridized carbons (Fsp3) is 0.400. The number of ether oxygens (including phenoxy) is 1. The van der Waals surface area contributed by atoms with Gasteiger partial charge in [-0.1, -0.05) is 18.2 Å². The summed E-state index contributed by atoms with van der Waals surface area (Å²) in [6, 6.07) is 12.1. The number of benzene rings is 1. The van der Waals surface area contributed by atoms with E-state index in [0.717, 1.165) is 49.5 Å². The molecule has 1 aromatic carbocycles. The smallest absolute Gasteiger partial charge is 0.212 e. The Balaban J connectivity index is 1.58. The molecule has 5 heteroatoms. The highest BCUT2D eigenvalue weighted by molar-refractivity contribution is 5.72. The standard InChI is InChI=1S/C20H23N3O2/c1-15(20-22-18-8-2-3-9-19(18)25-20)23(14-17-7-5-11-24-17)13-16-6-4-10-21-12-16/h2-4,6,8-10,12,15,17H,5,7,11,13-14H2,1H3/t15-,17+/m0/s1. The minimum atomic E-state index is 0.0665. The van der Waals surface area contributed by atoms with E-state index >= 15 is 0 Å². The molecule has 2 atom stereocenters. The van der Waals surface area contributed by atoms with Gasteiger partial charge in [-0.05, 0) is 43.5 Å². The van der Waals surface area contributed by atoms with E-state index in [1.54, 1.807) is 6.20 Å². The zero-order valence-electron chi connectivity index (χ0n) is 14.5. The number of fused-ring (bicyclic) bond motifs is 1. The number of hydrogen-bond acceptors (Lipinski definition) is 5. The van der Waals surface area contributed by atoms with Crippen LogP contribution >= 0.6 is 0 Å². The molecule has 1 aliphatic rings. The molecule has 3 aromatic rings. The first-order valence-electron chi connectivity index (χ1n) is 8.89. The second kappa shape index (κ2) is 7.33. The van der Waals surface area contributed by atoms with Gasteiger partial charge >= 0.3 is 0 Å². The SMILES string of the molecule is C[C@@H](c1nc2ccccc2o1)N(Cc1cccnc1)C[C@H]1CCCO1. The molecule has 0 unspecified atom stereocenters. The lowest BCUT2D eigenvalue weighted by Crippen LogP contribution is -2.34. The van der Waals surface area contributed by atoms with Crippen LogP contribution in [0.5, 0.6) is 0 Å². The van der Waals surface area contributed by atoms with E-state index in [4.69, 9.17) is 9.15 Å². The van der Waals surface area contributed by atoms with Crippen molar-refractivity contribution >= 4 is 11.1 Å². The summed E-state index contributed by atoms with van der Waals surface area (Å²) in [6.45, 7) is 4.68. The normalized spacial score (nSPS) is 18.9. The number of para-hydroxylation sites is 2. The molecule has 1 saturated heterocycles. The molecule has 1 fully saturated rings. The summed E-state index contributed by atoms with van der Waals surface area (Å²) >= 11 is 0.